The molecule has 0 atom stereocenters. The summed E-state index contributed by atoms with van der Waals surface area (Å²) in [5.74, 6) is -0.309. The topological polar surface area (TPSA) is 26.3 Å². The lowest BCUT2D eigenvalue weighted by Gasteiger charge is -2.09. The molecule has 0 aliphatic carbocycles. The number of benzene rings is 2. The molecule has 0 aliphatic heterocycles. The summed E-state index contributed by atoms with van der Waals surface area (Å²) in [6, 6.07) is 15.7. The molecule has 18 heavy (non-hydrogen) atoms. The highest BCUT2D eigenvalue weighted by molar-refractivity contribution is 9.08. The molecule has 0 bridgehead atoms. The number of rotatable bonds is 3. The quantitative estimate of drug-likeness (QED) is 0.632. The van der Waals surface area contributed by atoms with Crippen molar-refractivity contribution in [2.75, 3.05) is 7.11 Å². The molecule has 3 heteroatoms. The molecule has 0 radical (unpaired) electrons. The summed E-state index contributed by atoms with van der Waals surface area (Å²) in [4.78, 5) is 11.5. The van der Waals surface area contributed by atoms with Gasteiger partial charge in [-0.2, -0.15) is 0 Å². The number of halogens is 1. The van der Waals surface area contributed by atoms with E-state index in [0.717, 1.165) is 16.7 Å². The molecular weight excluding hydrogens is 292 g/mol. The molecule has 0 saturated carbocycles. The van der Waals surface area contributed by atoms with Gasteiger partial charge < -0.3 is 4.74 Å². The summed E-state index contributed by atoms with van der Waals surface area (Å²) in [7, 11) is 1.39. The average Bonchev–Trinajstić information content (AvgIpc) is 2.46. The third-order valence-electron chi connectivity index (χ3n) is 2.76. The molecule has 0 aliphatic rings. The van der Waals surface area contributed by atoms with Crippen LogP contribution in [0, 0.1) is 0 Å². The van der Waals surface area contributed by atoms with E-state index in [1.807, 2.05) is 30.3 Å². The van der Waals surface area contributed by atoms with Crippen LogP contribution in [-0.2, 0) is 10.1 Å². The van der Waals surface area contributed by atoms with Crippen LogP contribution < -0.4 is 0 Å². The second-order valence-electron chi connectivity index (χ2n) is 3.86. The number of carbonyl (C=O) groups excluding carboxylic acids is 1. The van der Waals surface area contributed by atoms with Crippen molar-refractivity contribution in [2.24, 2.45) is 0 Å². The van der Waals surface area contributed by atoms with E-state index in [1.54, 1.807) is 6.07 Å². The zero-order valence-corrected chi connectivity index (χ0v) is 11.6. The largest absolute Gasteiger partial charge is 0.465 e. The van der Waals surface area contributed by atoms with Crippen molar-refractivity contribution in [2.45, 2.75) is 5.33 Å². The molecule has 92 valence electrons. The van der Waals surface area contributed by atoms with Gasteiger partial charge in [0.1, 0.15) is 0 Å². The van der Waals surface area contributed by atoms with Crippen LogP contribution >= 0.6 is 15.9 Å². The van der Waals surface area contributed by atoms with Gasteiger partial charge in [-0.1, -0.05) is 52.3 Å². The summed E-state index contributed by atoms with van der Waals surface area (Å²) in [6.07, 6.45) is 0. The molecule has 0 fully saturated rings. The van der Waals surface area contributed by atoms with Gasteiger partial charge in [-0.3, -0.25) is 0 Å². The van der Waals surface area contributed by atoms with Crippen LogP contribution in [0.25, 0.3) is 11.1 Å². The van der Waals surface area contributed by atoms with Gasteiger partial charge in [0.05, 0.1) is 12.7 Å². The van der Waals surface area contributed by atoms with E-state index >= 15 is 0 Å². The van der Waals surface area contributed by atoms with Crippen LogP contribution in [-0.4, -0.2) is 13.1 Å². The number of hydrogen-bond acceptors (Lipinski definition) is 2. The molecule has 0 aromatic heterocycles. The van der Waals surface area contributed by atoms with Crippen molar-refractivity contribution < 1.29 is 9.53 Å². The second-order valence-corrected chi connectivity index (χ2v) is 4.42. The summed E-state index contributed by atoms with van der Waals surface area (Å²) in [5, 5.41) is 0.696. The van der Waals surface area contributed by atoms with Gasteiger partial charge >= 0.3 is 5.97 Å². The smallest absolute Gasteiger partial charge is 0.337 e. The molecule has 2 aromatic rings. The van der Waals surface area contributed by atoms with Crippen molar-refractivity contribution in [3.8, 4) is 11.1 Å². The molecular formula is C15H13BrO2. The number of hydrogen-bond donors (Lipinski definition) is 0. The van der Waals surface area contributed by atoms with E-state index in [1.165, 1.54) is 7.11 Å². The van der Waals surface area contributed by atoms with Crippen LogP contribution in [0.2, 0.25) is 0 Å². The first-order chi connectivity index (χ1) is 8.76. The van der Waals surface area contributed by atoms with Gasteiger partial charge in [0.2, 0.25) is 0 Å². The average molecular weight is 305 g/mol. The van der Waals surface area contributed by atoms with Crippen LogP contribution in [0.3, 0.4) is 0 Å². The fraction of sp³-hybridized carbons (Fsp3) is 0.133. The van der Waals surface area contributed by atoms with Crippen LogP contribution in [0.4, 0.5) is 0 Å². The Bertz CT molecular complexity index is 550. The van der Waals surface area contributed by atoms with Crippen molar-refractivity contribution in [3.63, 3.8) is 0 Å². The maximum absolute atomic E-state index is 11.5. The van der Waals surface area contributed by atoms with Crippen molar-refractivity contribution in [1.29, 1.82) is 0 Å². The highest BCUT2D eigenvalue weighted by atomic mass is 79.9. The Labute approximate surface area is 115 Å². The molecule has 0 unspecified atom stereocenters. The number of carbonyl (C=O) groups is 1. The van der Waals surface area contributed by atoms with Gasteiger partial charge in [-0.05, 0) is 28.8 Å². The summed E-state index contributed by atoms with van der Waals surface area (Å²) in [5.41, 5.74) is 3.92. The predicted octanol–water partition coefficient (Wildman–Crippen LogP) is 4.04. The Kier molecular flexibility index (Phi) is 4.15. The van der Waals surface area contributed by atoms with E-state index in [4.69, 9.17) is 4.74 Å². The fourth-order valence-electron chi connectivity index (χ4n) is 1.85. The van der Waals surface area contributed by atoms with Gasteiger partial charge in [0.25, 0.3) is 0 Å². The lowest BCUT2D eigenvalue weighted by atomic mass is 9.98. The molecule has 0 spiro atoms. The highest BCUT2D eigenvalue weighted by Crippen LogP contribution is 2.26. The molecule has 0 heterocycles. The highest BCUT2D eigenvalue weighted by Gasteiger charge is 2.10. The molecule has 2 aromatic carbocycles. The predicted molar refractivity (Wildman–Crippen MR) is 75.8 cm³/mol. The zero-order chi connectivity index (χ0) is 13.0. The fourth-order valence-corrected chi connectivity index (χ4v) is 2.31. The Morgan fingerprint density at radius 3 is 2.50 bits per heavy atom. The van der Waals surface area contributed by atoms with Gasteiger partial charge in [-0.25, -0.2) is 4.79 Å². The number of alkyl halides is 1. The number of esters is 1. The Hall–Kier alpha value is -1.61. The normalized spacial score (nSPS) is 10.1. The van der Waals surface area contributed by atoms with Crippen LogP contribution in [0.1, 0.15) is 15.9 Å². The van der Waals surface area contributed by atoms with Crippen LogP contribution in [0.5, 0.6) is 0 Å². The minimum atomic E-state index is -0.309. The van der Waals surface area contributed by atoms with Gasteiger partial charge in [0.15, 0.2) is 0 Å². The Morgan fingerprint density at radius 1 is 1.17 bits per heavy atom. The maximum atomic E-state index is 11.5. The SMILES string of the molecule is COC(=O)c1ccc(-c2ccccc2)c(CBr)c1. The van der Waals surface area contributed by atoms with Crippen molar-refractivity contribution >= 4 is 21.9 Å². The van der Waals surface area contributed by atoms with E-state index < -0.39 is 0 Å². The number of methoxy groups -OCH3 is 1. The first-order valence-electron chi connectivity index (χ1n) is 5.59. The first-order valence-corrected chi connectivity index (χ1v) is 6.71. The first kappa shape index (κ1) is 12.8. The third kappa shape index (κ3) is 2.62. The van der Waals surface area contributed by atoms with E-state index in [-0.39, 0.29) is 5.97 Å². The van der Waals surface area contributed by atoms with Crippen molar-refractivity contribution in [1.82, 2.24) is 0 Å². The molecule has 0 N–H and O–H groups in total. The van der Waals surface area contributed by atoms with Gasteiger partial charge in [-0.15, -0.1) is 0 Å². The molecule has 0 saturated heterocycles. The summed E-state index contributed by atoms with van der Waals surface area (Å²) in [6.45, 7) is 0. The van der Waals surface area contributed by atoms with E-state index in [9.17, 15) is 4.79 Å². The summed E-state index contributed by atoms with van der Waals surface area (Å²) >= 11 is 3.46. The molecule has 2 rings (SSSR count). The van der Waals surface area contributed by atoms with Crippen molar-refractivity contribution in [3.05, 3.63) is 59.7 Å². The summed E-state index contributed by atoms with van der Waals surface area (Å²) < 4.78 is 4.73. The van der Waals surface area contributed by atoms with E-state index in [0.29, 0.717) is 10.9 Å². The van der Waals surface area contributed by atoms with Crippen LogP contribution in [0.15, 0.2) is 48.5 Å². The molecule has 2 nitrogen and oxygen atoms in total. The maximum Gasteiger partial charge on any atom is 0.337 e. The lowest BCUT2D eigenvalue weighted by Crippen LogP contribution is -2.02. The zero-order valence-electron chi connectivity index (χ0n) is 10.0. The number of ether oxygens (including phenoxy) is 1. The monoisotopic (exact) mass is 304 g/mol. The minimum Gasteiger partial charge on any atom is -0.465 e. The Balaban J connectivity index is 2.47. The molecule has 0 amide bonds. The lowest BCUT2D eigenvalue weighted by molar-refractivity contribution is 0.0600. The Morgan fingerprint density at radius 2 is 1.89 bits per heavy atom. The minimum absolute atomic E-state index is 0.309. The standard InChI is InChI=1S/C15H13BrO2/c1-18-15(17)12-7-8-14(13(9-12)10-16)11-5-3-2-4-6-11/h2-9H,10H2,1H3. The second kappa shape index (κ2) is 5.83. The van der Waals surface area contributed by atoms with Gasteiger partial charge in [0, 0.05) is 5.33 Å². The third-order valence-corrected chi connectivity index (χ3v) is 3.36. The van der Waals surface area contributed by atoms with E-state index in [2.05, 4.69) is 28.1 Å².